The minimum Gasteiger partial charge on any atom is -0.356 e. The lowest BCUT2D eigenvalue weighted by Crippen LogP contribution is -2.26. The normalized spacial score (nSPS) is 10.7. The zero-order valence-corrected chi connectivity index (χ0v) is 10.4. The van der Waals surface area contributed by atoms with E-state index in [0.29, 0.717) is 12.3 Å². The predicted octanol–water partition coefficient (Wildman–Crippen LogP) is 1.93. The van der Waals surface area contributed by atoms with E-state index in [0.717, 1.165) is 32.5 Å². The molecule has 2 N–H and O–H groups in total. The molecule has 0 aliphatic carbocycles. The lowest BCUT2D eigenvalue weighted by Gasteiger charge is -2.07. The van der Waals surface area contributed by atoms with E-state index in [1.54, 1.807) is 0 Å². The Bertz CT molecular complexity index is 158. The fourth-order valence-corrected chi connectivity index (χ4v) is 1.30. The van der Waals surface area contributed by atoms with Gasteiger partial charge in [-0.15, -0.1) is 0 Å². The summed E-state index contributed by atoms with van der Waals surface area (Å²) >= 11 is 0. The number of amides is 1. The van der Waals surface area contributed by atoms with Gasteiger partial charge in [0.25, 0.3) is 0 Å². The lowest BCUT2D eigenvalue weighted by molar-refractivity contribution is -0.121. The summed E-state index contributed by atoms with van der Waals surface area (Å²) in [5, 5.41) is 6.21. The molecule has 0 radical (unpaired) electrons. The summed E-state index contributed by atoms with van der Waals surface area (Å²) in [5.41, 5.74) is 0. The highest BCUT2D eigenvalue weighted by atomic mass is 16.1. The first-order valence-electron chi connectivity index (χ1n) is 6.14. The van der Waals surface area contributed by atoms with Crippen LogP contribution in [0, 0.1) is 5.92 Å². The smallest absolute Gasteiger partial charge is 0.220 e. The van der Waals surface area contributed by atoms with Gasteiger partial charge in [0.2, 0.25) is 5.91 Å². The van der Waals surface area contributed by atoms with Gasteiger partial charge in [-0.05, 0) is 31.8 Å². The summed E-state index contributed by atoms with van der Waals surface area (Å²) in [6, 6.07) is 0. The number of carbonyl (C=O) groups is 1. The van der Waals surface area contributed by atoms with Crippen LogP contribution < -0.4 is 10.6 Å². The third-order valence-electron chi connectivity index (χ3n) is 2.21. The largest absolute Gasteiger partial charge is 0.356 e. The second kappa shape index (κ2) is 9.97. The quantitative estimate of drug-likeness (QED) is 0.576. The molecular weight excluding hydrogens is 188 g/mol. The van der Waals surface area contributed by atoms with Crippen LogP contribution in [0.15, 0.2) is 0 Å². The van der Waals surface area contributed by atoms with Crippen molar-refractivity contribution in [3.8, 4) is 0 Å². The summed E-state index contributed by atoms with van der Waals surface area (Å²) in [4.78, 5) is 11.3. The van der Waals surface area contributed by atoms with Gasteiger partial charge in [-0.3, -0.25) is 4.79 Å². The van der Waals surface area contributed by atoms with E-state index in [-0.39, 0.29) is 5.91 Å². The highest BCUT2D eigenvalue weighted by Crippen LogP contribution is 1.99. The zero-order chi connectivity index (χ0) is 11.5. The Morgan fingerprint density at radius 3 is 2.53 bits per heavy atom. The minimum absolute atomic E-state index is 0.201. The van der Waals surface area contributed by atoms with Crippen molar-refractivity contribution in [1.82, 2.24) is 10.6 Å². The van der Waals surface area contributed by atoms with Gasteiger partial charge < -0.3 is 10.6 Å². The summed E-state index contributed by atoms with van der Waals surface area (Å²) in [6.45, 7) is 9.24. The fraction of sp³-hybridized carbons (Fsp3) is 0.917. The van der Waals surface area contributed by atoms with Crippen molar-refractivity contribution in [2.75, 3.05) is 19.6 Å². The molecule has 15 heavy (non-hydrogen) atoms. The maximum absolute atomic E-state index is 11.3. The monoisotopic (exact) mass is 214 g/mol. The first kappa shape index (κ1) is 14.4. The van der Waals surface area contributed by atoms with Crippen molar-refractivity contribution < 1.29 is 4.79 Å². The fourth-order valence-electron chi connectivity index (χ4n) is 1.30. The Kier molecular flexibility index (Phi) is 9.59. The van der Waals surface area contributed by atoms with Crippen LogP contribution in [0.1, 0.15) is 46.5 Å². The van der Waals surface area contributed by atoms with Crippen LogP contribution in [-0.4, -0.2) is 25.5 Å². The van der Waals surface area contributed by atoms with E-state index in [9.17, 15) is 4.79 Å². The van der Waals surface area contributed by atoms with Gasteiger partial charge in [-0.1, -0.05) is 27.2 Å². The molecule has 0 aliphatic heterocycles. The number of hydrogen-bond donors (Lipinski definition) is 2. The van der Waals surface area contributed by atoms with Crippen LogP contribution in [0.3, 0.4) is 0 Å². The molecule has 0 rings (SSSR count). The third kappa shape index (κ3) is 11.4. The summed E-state index contributed by atoms with van der Waals surface area (Å²) < 4.78 is 0. The molecule has 0 unspecified atom stereocenters. The molecule has 0 atom stereocenters. The van der Waals surface area contributed by atoms with Crippen LogP contribution in [0.2, 0.25) is 0 Å². The minimum atomic E-state index is 0.201. The van der Waals surface area contributed by atoms with E-state index in [4.69, 9.17) is 0 Å². The predicted molar refractivity (Wildman–Crippen MR) is 64.9 cm³/mol. The maximum atomic E-state index is 11.3. The van der Waals surface area contributed by atoms with Crippen molar-refractivity contribution in [2.24, 2.45) is 5.92 Å². The number of nitrogens with one attached hydrogen (secondary N) is 2. The van der Waals surface area contributed by atoms with Crippen LogP contribution in [-0.2, 0) is 4.79 Å². The molecular formula is C12H26N2O. The Morgan fingerprint density at radius 1 is 1.20 bits per heavy atom. The van der Waals surface area contributed by atoms with Gasteiger partial charge in [0.1, 0.15) is 0 Å². The van der Waals surface area contributed by atoms with E-state index in [1.807, 2.05) is 0 Å². The van der Waals surface area contributed by atoms with Crippen LogP contribution in [0.25, 0.3) is 0 Å². The maximum Gasteiger partial charge on any atom is 0.220 e. The van der Waals surface area contributed by atoms with Gasteiger partial charge in [0.15, 0.2) is 0 Å². The van der Waals surface area contributed by atoms with Crippen molar-refractivity contribution >= 4 is 5.91 Å². The molecule has 0 bridgehead atoms. The van der Waals surface area contributed by atoms with E-state index < -0.39 is 0 Å². The van der Waals surface area contributed by atoms with Gasteiger partial charge in [-0.25, -0.2) is 0 Å². The second-order valence-corrected chi connectivity index (χ2v) is 4.36. The summed E-state index contributed by atoms with van der Waals surface area (Å²) in [7, 11) is 0. The van der Waals surface area contributed by atoms with Crippen molar-refractivity contribution in [3.05, 3.63) is 0 Å². The topological polar surface area (TPSA) is 41.1 Å². The highest BCUT2D eigenvalue weighted by Gasteiger charge is 2.01. The number of carbonyl (C=O) groups excluding carboxylic acids is 1. The Labute approximate surface area is 94.0 Å². The molecule has 1 amide bonds. The number of rotatable bonds is 9. The SMILES string of the molecule is CCNCCCCCC(=O)NCC(C)C. The van der Waals surface area contributed by atoms with Crippen LogP contribution in [0.5, 0.6) is 0 Å². The molecule has 0 aromatic heterocycles. The molecule has 3 nitrogen and oxygen atoms in total. The third-order valence-corrected chi connectivity index (χ3v) is 2.21. The average Bonchev–Trinajstić information content (AvgIpc) is 2.20. The Balaban J connectivity index is 3.17. The highest BCUT2D eigenvalue weighted by molar-refractivity contribution is 5.75. The van der Waals surface area contributed by atoms with Gasteiger partial charge >= 0.3 is 0 Å². The molecule has 0 aliphatic rings. The summed E-state index contributed by atoms with van der Waals surface area (Å²) in [6.07, 6.45) is 4.00. The Morgan fingerprint density at radius 2 is 1.93 bits per heavy atom. The van der Waals surface area contributed by atoms with Crippen molar-refractivity contribution in [2.45, 2.75) is 46.5 Å². The van der Waals surface area contributed by atoms with Gasteiger partial charge in [-0.2, -0.15) is 0 Å². The molecule has 0 spiro atoms. The van der Waals surface area contributed by atoms with Gasteiger partial charge in [0, 0.05) is 13.0 Å². The van der Waals surface area contributed by atoms with Crippen molar-refractivity contribution in [1.29, 1.82) is 0 Å². The molecule has 3 heteroatoms. The van der Waals surface area contributed by atoms with E-state index in [2.05, 4.69) is 31.4 Å². The summed E-state index contributed by atoms with van der Waals surface area (Å²) in [5.74, 6) is 0.745. The molecule has 0 aromatic carbocycles. The van der Waals surface area contributed by atoms with Crippen molar-refractivity contribution in [3.63, 3.8) is 0 Å². The average molecular weight is 214 g/mol. The number of unbranched alkanes of at least 4 members (excludes halogenated alkanes) is 2. The van der Waals surface area contributed by atoms with E-state index >= 15 is 0 Å². The first-order valence-corrected chi connectivity index (χ1v) is 6.14. The molecule has 0 aromatic rings. The van der Waals surface area contributed by atoms with E-state index in [1.165, 1.54) is 6.42 Å². The second-order valence-electron chi connectivity index (χ2n) is 4.36. The Hall–Kier alpha value is -0.570. The zero-order valence-electron chi connectivity index (χ0n) is 10.4. The molecule has 0 saturated carbocycles. The standard InChI is InChI=1S/C12H26N2O/c1-4-13-9-7-5-6-8-12(15)14-10-11(2)3/h11,13H,4-10H2,1-3H3,(H,14,15). The molecule has 0 saturated heterocycles. The van der Waals surface area contributed by atoms with Crippen LogP contribution >= 0.6 is 0 Å². The van der Waals surface area contributed by atoms with Gasteiger partial charge in [0.05, 0.1) is 0 Å². The lowest BCUT2D eigenvalue weighted by atomic mass is 10.1. The van der Waals surface area contributed by atoms with Crippen LogP contribution in [0.4, 0.5) is 0 Å². The number of hydrogen-bond acceptors (Lipinski definition) is 2. The molecule has 0 fully saturated rings. The molecule has 90 valence electrons. The first-order chi connectivity index (χ1) is 7.16. The molecule has 0 heterocycles.